The molecule has 0 spiro atoms. The lowest BCUT2D eigenvalue weighted by molar-refractivity contribution is -0.0378. The van der Waals surface area contributed by atoms with Crippen LogP contribution in [0.4, 0.5) is 15.0 Å². The Bertz CT molecular complexity index is 1380. The molecule has 3 saturated heterocycles. The highest BCUT2D eigenvalue weighted by molar-refractivity contribution is 5.98. The summed E-state index contributed by atoms with van der Waals surface area (Å²) in [5, 5.41) is 5.53. The average Bonchev–Trinajstić information content (AvgIpc) is 3.22. The van der Waals surface area contributed by atoms with E-state index < -0.39 is 17.8 Å². The summed E-state index contributed by atoms with van der Waals surface area (Å²) in [7, 11) is 0. The van der Waals surface area contributed by atoms with E-state index in [2.05, 4.69) is 19.8 Å². The van der Waals surface area contributed by atoms with E-state index in [0.717, 1.165) is 50.4 Å². The number of anilines is 1. The number of carbonyl (C=O) groups is 1. The fourth-order valence-corrected chi connectivity index (χ4v) is 6.11. The quantitative estimate of drug-likeness (QED) is 0.515. The van der Waals surface area contributed by atoms with E-state index in [9.17, 15) is 4.79 Å². The van der Waals surface area contributed by atoms with Crippen LogP contribution in [-0.2, 0) is 4.74 Å². The van der Waals surface area contributed by atoms with Crippen molar-refractivity contribution in [3.8, 4) is 11.3 Å². The normalized spacial score (nSPS) is 23.3. The first kappa shape index (κ1) is 26.9. The van der Waals surface area contributed by atoms with Crippen LogP contribution < -0.4 is 5.73 Å². The second-order valence-corrected chi connectivity index (χ2v) is 12.6. The molecule has 11 heteroatoms. The number of amides is 1. The number of benzene rings is 1. The Balaban J connectivity index is 1.05. The van der Waals surface area contributed by atoms with Gasteiger partial charge in [0.15, 0.2) is 5.65 Å². The van der Waals surface area contributed by atoms with Gasteiger partial charge in [0.1, 0.15) is 29.6 Å². The fraction of sp³-hybridized carbons (Fsp3) is 0.586. The van der Waals surface area contributed by atoms with Gasteiger partial charge < -0.3 is 15.4 Å². The van der Waals surface area contributed by atoms with Gasteiger partial charge in [0, 0.05) is 63.3 Å². The molecule has 5 heterocycles. The number of likely N-dealkylation sites (tertiary alicyclic amines) is 3. The number of alkyl halides is 1. The molecule has 3 aromatic rings. The van der Waals surface area contributed by atoms with Crippen LogP contribution >= 0.6 is 0 Å². The maximum absolute atomic E-state index is 15.8. The van der Waals surface area contributed by atoms with Crippen LogP contribution in [0.25, 0.3) is 22.3 Å². The Hall–Kier alpha value is -3.31. The van der Waals surface area contributed by atoms with Crippen molar-refractivity contribution in [1.82, 2.24) is 34.4 Å². The zero-order valence-corrected chi connectivity index (χ0v) is 23.8. The van der Waals surface area contributed by atoms with Crippen LogP contribution in [0.1, 0.15) is 38.8 Å². The first-order chi connectivity index (χ1) is 19.1. The standard InChI is InChI=1S/C29H39FN8O2/c1-18-5-7-20(8-6-18)25-24-26(31)32-17-33-27(24)38(34-25)23-9-10-36(16-22(23)30)21-14-35(15-21)11-19-12-37(13-19)28(39)40-29(2,3)4/h5-8,17,19,21-23H,9-16H2,1-4H3,(H2,31,32,33)/t22-,23-/m0/s1. The highest BCUT2D eigenvalue weighted by Crippen LogP contribution is 2.36. The van der Waals surface area contributed by atoms with Crippen molar-refractivity contribution in [2.75, 3.05) is 51.5 Å². The van der Waals surface area contributed by atoms with Crippen LogP contribution in [0.5, 0.6) is 0 Å². The Kier molecular flexibility index (Phi) is 6.90. The molecule has 0 saturated carbocycles. The third-order valence-electron chi connectivity index (χ3n) is 8.28. The number of piperidine rings is 1. The second-order valence-electron chi connectivity index (χ2n) is 12.6. The molecule has 10 nitrogen and oxygen atoms in total. The number of fused-ring (bicyclic) bond motifs is 1. The highest BCUT2D eigenvalue weighted by Gasteiger charge is 2.42. The van der Waals surface area contributed by atoms with E-state index in [1.54, 1.807) is 9.58 Å². The number of rotatable bonds is 5. The van der Waals surface area contributed by atoms with Gasteiger partial charge in [-0.05, 0) is 34.1 Å². The summed E-state index contributed by atoms with van der Waals surface area (Å²) in [5.74, 6) is 0.827. The van der Waals surface area contributed by atoms with Crippen molar-refractivity contribution in [3.63, 3.8) is 0 Å². The van der Waals surface area contributed by atoms with Gasteiger partial charge in [0.2, 0.25) is 0 Å². The third-order valence-corrected chi connectivity index (χ3v) is 8.28. The molecule has 214 valence electrons. The maximum Gasteiger partial charge on any atom is 0.410 e. The van der Waals surface area contributed by atoms with E-state index in [-0.39, 0.29) is 6.09 Å². The number of carbonyl (C=O) groups excluding carboxylic acids is 1. The van der Waals surface area contributed by atoms with Gasteiger partial charge >= 0.3 is 6.09 Å². The largest absolute Gasteiger partial charge is 0.444 e. The molecule has 0 bridgehead atoms. The first-order valence-corrected chi connectivity index (χ1v) is 14.2. The minimum atomic E-state index is -1.07. The summed E-state index contributed by atoms with van der Waals surface area (Å²) in [6, 6.07) is 8.02. The first-order valence-electron chi connectivity index (χ1n) is 14.2. The number of nitrogen functional groups attached to an aromatic ring is 1. The number of hydrogen-bond acceptors (Lipinski definition) is 8. The second kappa shape index (κ2) is 10.3. The van der Waals surface area contributed by atoms with Crippen LogP contribution in [0.3, 0.4) is 0 Å². The molecular formula is C29H39FN8O2. The Morgan fingerprint density at radius 1 is 1.10 bits per heavy atom. The van der Waals surface area contributed by atoms with E-state index in [1.165, 1.54) is 6.33 Å². The molecule has 0 unspecified atom stereocenters. The van der Waals surface area contributed by atoms with Crippen LogP contribution in [-0.4, -0.2) is 104 Å². The number of ether oxygens (including phenoxy) is 1. The van der Waals surface area contributed by atoms with Crippen molar-refractivity contribution in [1.29, 1.82) is 0 Å². The van der Waals surface area contributed by atoms with Crippen molar-refractivity contribution < 1.29 is 13.9 Å². The molecule has 40 heavy (non-hydrogen) atoms. The minimum absolute atomic E-state index is 0.229. The lowest BCUT2D eigenvalue weighted by atomic mass is 9.95. The van der Waals surface area contributed by atoms with Gasteiger partial charge in [-0.2, -0.15) is 5.10 Å². The predicted octanol–water partition coefficient (Wildman–Crippen LogP) is 3.52. The fourth-order valence-electron chi connectivity index (χ4n) is 6.11. The summed E-state index contributed by atoms with van der Waals surface area (Å²) >= 11 is 0. The Labute approximate surface area is 234 Å². The van der Waals surface area contributed by atoms with Crippen molar-refractivity contribution >= 4 is 22.9 Å². The van der Waals surface area contributed by atoms with Crippen molar-refractivity contribution in [2.24, 2.45) is 5.92 Å². The molecule has 3 fully saturated rings. The Morgan fingerprint density at radius 2 is 1.82 bits per heavy atom. The predicted molar refractivity (Wildman–Crippen MR) is 152 cm³/mol. The number of aromatic nitrogens is 4. The number of nitrogens with zero attached hydrogens (tertiary/aromatic N) is 7. The summed E-state index contributed by atoms with van der Waals surface area (Å²) in [6.45, 7) is 13.2. The Morgan fingerprint density at radius 3 is 2.50 bits per heavy atom. The lowest BCUT2D eigenvalue weighted by Gasteiger charge is -2.50. The number of hydrogen-bond donors (Lipinski definition) is 1. The van der Waals surface area contributed by atoms with E-state index in [4.69, 9.17) is 15.6 Å². The SMILES string of the molecule is Cc1ccc(-c2nn([C@H]3CCN(C4CN(CC5CN(C(=O)OC(C)(C)C)C5)C4)C[C@@H]3F)c3ncnc(N)c23)cc1. The molecule has 2 aromatic heterocycles. The monoisotopic (exact) mass is 550 g/mol. The molecule has 3 aliphatic heterocycles. The van der Waals surface area contributed by atoms with Crippen molar-refractivity contribution in [2.45, 2.75) is 58.0 Å². The average molecular weight is 551 g/mol. The molecule has 2 atom stereocenters. The molecule has 1 aromatic carbocycles. The summed E-state index contributed by atoms with van der Waals surface area (Å²) in [5.41, 5.74) is 9.13. The van der Waals surface area contributed by atoms with Crippen molar-refractivity contribution in [3.05, 3.63) is 36.2 Å². The topological polar surface area (TPSA) is 106 Å². The summed E-state index contributed by atoms with van der Waals surface area (Å²) in [6.07, 6.45) is 0.780. The zero-order chi connectivity index (χ0) is 28.2. The molecule has 6 rings (SSSR count). The van der Waals surface area contributed by atoms with E-state index in [0.29, 0.717) is 47.5 Å². The third kappa shape index (κ3) is 5.24. The molecule has 2 N–H and O–H groups in total. The van der Waals surface area contributed by atoms with E-state index >= 15 is 4.39 Å². The maximum atomic E-state index is 15.8. The van der Waals surface area contributed by atoms with Gasteiger partial charge in [0.05, 0.1) is 11.4 Å². The smallest absolute Gasteiger partial charge is 0.410 e. The summed E-state index contributed by atoms with van der Waals surface area (Å²) in [4.78, 5) is 27.3. The highest BCUT2D eigenvalue weighted by atomic mass is 19.1. The van der Waals surface area contributed by atoms with Crippen LogP contribution in [0.15, 0.2) is 30.6 Å². The molecule has 1 amide bonds. The van der Waals surface area contributed by atoms with Gasteiger partial charge in [-0.25, -0.2) is 23.8 Å². The molecule has 0 radical (unpaired) electrons. The molecule has 0 aliphatic carbocycles. The van der Waals surface area contributed by atoms with Gasteiger partial charge in [-0.3, -0.25) is 9.80 Å². The number of halogens is 1. The number of nitrogens with two attached hydrogens (primary N) is 1. The molecular weight excluding hydrogens is 511 g/mol. The lowest BCUT2D eigenvalue weighted by Crippen LogP contribution is -2.64. The van der Waals surface area contributed by atoms with Gasteiger partial charge in [-0.15, -0.1) is 0 Å². The number of aryl methyl sites for hydroxylation is 1. The summed E-state index contributed by atoms with van der Waals surface area (Å²) < 4.78 is 23.0. The van der Waals surface area contributed by atoms with Gasteiger partial charge in [-0.1, -0.05) is 29.8 Å². The zero-order valence-electron chi connectivity index (χ0n) is 23.8. The van der Waals surface area contributed by atoms with Gasteiger partial charge in [0.25, 0.3) is 0 Å². The van der Waals surface area contributed by atoms with Crippen LogP contribution in [0.2, 0.25) is 0 Å². The van der Waals surface area contributed by atoms with Crippen LogP contribution in [0, 0.1) is 12.8 Å². The molecule has 3 aliphatic rings. The minimum Gasteiger partial charge on any atom is -0.444 e. The van der Waals surface area contributed by atoms with E-state index in [1.807, 2.05) is 52.0 Å².